The maximum Gasteiger partial charge on any atom is 0.204 e. The predicted octanol–water partition coefficient (Wildman–Crippen LogP) is 5.93. The number of ether oxygens (including phenoxy) is 2. The molecule has 2 aliphatic carbocycles. The molecular formula is C24H26Cl2N4O2. The molecule has 0 bridgehead atoms. The van der Waals surface area contributed by atoms with Gasteiger partial charge in [-0.05, 0) is 83.7 Å². The molecule has 1 unspecified atom stereocenters. The minimum Gasteiger partial charge on any atom is -0.490 e. The van der Waals surface area contributed by atoms with E-state index in [1.54, 1.807) is 0 Å². The lowest BCUT2D eigenvalue weighted by atomic mass is 9.74. The molecule has 0 amide bonds. The molecule has 2 aliphatic rings. The number of benzene rings is 2. The molecular weight excluding hydrogens is 447 g/mol. The van der Waals surface area contributed by atoms with Crippen molar-refractivity contribution < 1.29 is 9.47 Å². The second-order valence-corrected chi connectivity index (χ2v) is 9.84. The summed E-state index contributed by atoms with van der Waals surface area (Å²) < 4.78 is 11.8. The van der Waals surface area contributed by atoms with Gasteiger partial charge < -0.3 is 9.47 Å². The second kappa shape index (κ2) is 8.91. The molecule has 168 valence electrons. The van der Waals surface area contributed by atoms with Gasteiger partial charge in [-0.3, -0.25) is 0 Å². The maximum atomic E-state index is 6.68. The summed E-state index contributed by atoms with van der Waals surface area (Å²) in [5.74, 6) is 2.70. The first kappa shape index (κ1) is 21.5. The number of rotatable bonds is 7. The molecule has 8 heteroatoms. The summed E-state index contributed by atoms with van der Waals surface area (Å²) in [4.78, 5) is 0. The van der Waals surface area contributed by atoms with E-state index < -0.39 is 0 Å². The highest BCUT2D eigenvalue weighted by Gasteiger charge is 2.42. The Labute approximate surface area is 197 Å². The molecule has 0 spiro atoms. The van der Waals surface area contributed by atoms with E-state index >= 15 is 0 Å². The first-order chi connectivity index (χ1) is 15.5. The Morgan fingerprint density at radius 2 is 1.78 bits per heavy atom. The van der Waals surface area contributed by atoms with E-state index in [2.05, 4.69) is 33.6 Å². The van der Waals surface area contributed by atoms with Gasteiger partial charge in [0.1, 0.15) is 29.7 Å². The Bertz CT molecular complexity index is 1080. The Morgan fingerprint density at radius 3 is 2.50 bits per heavy atom. The van der Waals surface area contributed by atoms with Gasteiger partial charge in [0, 0.05) is 5.56 Å². The number of hydrogen-bond acceptors (Lipinski definition) is 5. The molecule has 3 aromatic rings. The predicted molar refractivity (Wildman–Crippen MR) is 125 cm³/mol. The van der Waals surface area contributed by atoms with E-state index in [1.807, 2.05) is 24.3 Å². The highest BCUT2D eigenvalue weighted by Crippen LogP contribution is 2.52. The molecule has 1 saturated carbocycles. The summed E-state index contributed by atoms with van der Waals surface area (Å²) in [7, 11) is 0. The Kier molecular flexibility index (Phi) is 5.99. The number of aromatic amines is 1. The average Bonchev–Trinajstić information content (AvgIpc) is 3.56. The molecule has 1 atom stereocenters. The molecule has 1 N–H and O–H groups in total. The second-order valence-electron chi connectivity index (χ2n) is 9.09. The van der Waals surface area contributed by atoms with E-state index in [-0.39, 0.29) is 5.41 Å². The molecule has 1 heterocycles. The summed E-state index contributed by atoms with van der Waals surface area (Å²) in [6.07, 6.45) is 7.40. The minimum absolute atomic E-state index is 0.279. The van der Waals surface area contributed by atoms with Gasteiger partial charge in [-0.25, -0.2) is 0 Å². The molecule has 5 rings (SSSR count). The van der Waals surface area contributed by atoms with E-state index in [1.165, 1.54) is 36.8 Å². The SMILES string of the molecule is CC1(C2CCCC2)Cc2cc(OCCOc3ccc(-c4nn[nH]n4)cc3)c(Cl)c(Cl)c2C1. The molecule has 2 aromatic carbocycles. The van der Waals surface area contributed by atoms with Crippen molar-refractivity contribution >= 4 is 23.2 Å². The van der Waals surface area contributed by atoms with Gasteiger partial charge in [0.15, 0.2) is 0 Å². The van der Waals surface area contributed by atoms with Gasteiger partial charge in [0.2, 0.25) is 5.82 Å². The minimum atomic E-state index is 0.279. The fourth-order valence-electron chi connectivity index (χ4n) is 5.25. The first-order valence-corrected chi connectivity index (χ1v) is 11.9. The summed E-state index contributed by atoms with van der Waals surface area (Å²) in [5, 5.41) is 15.1. The zero-order valence-corrected chi connectivity index (χ0v) is 19.5. The van der Waals surface area contributed by atoms with Crippen LogP contribution in [0, 0.1) is 11.3 Å². The van der Waals surface area contributed by atoms with Gasteiger partial charge >= 0.3 is 0 Å². The maximum absolute atomic E-state index is 6.68. The summed E-state index contributed by atoms with van der Waals surface area (Å²) >= 11 is 13.3. The highest BCUT2D eigenvalue weighted by molar-refractivity contribution is 6.43. The van der Waals surface area contributed by atoms with Crippen LogP contribution in [0.15, 0.2) is 30.3 Å². The van der Waals surface area contributed by atoms with Crippen LogP contribution in [-0.2, 0) is 12.8 Å². The normalized spacial score (nSPS) is 20.5. The lowest BCUT2D eigenvalue weighted by Gasteiger charge is -2.31. The largest absolute Gasteiger partial charge is 0.490 e. The van der Waals surface area contributed by atoms with Crippen molar-refractivity contribution in [3.63, 3.8) is 0 Å². The van der Waals surface area contributed by atoms with Crippen LogP contribution >= 0.6 is 23.2 Å². The number of fused-ring (bicyclic) bond motifs is 1. The van der Waals surface area contributed by atoms with Crippen molar-refractivity contribution in [2.45, 2.75) is 45.4 Å². The quantitative estimate of drug-likeness (QED) is 0.431. The Morgan fingerprint density at radius 1 is 1.03 bits per heavy atom. The lowest BCUT2D eigenvalue weighted by molar-refractivity contribution is 0.202. The zero-order valence-electron chi connectivity index (χ0n) is 18.0. The summed E-state index contributed by atoms with van der Waals surface area (Å²) in [6.45, 7) is 3.18. The van der Waals surface area contributed by atoms with E-state index in [0.717, 1.165) is 30.1 Å². The van der Waals surface area contributed by atoms with Gasteiger partial charge in [0.25, 0.3) is 0 Å². The van der Waals surface area contributed by atoms with Crippen LogP contribution in [0.5, 0.6) is 11.5 Å². The number of hydrogen-bond donors (Lipinski definition) is 1. The van der Waals surface area contributed by atoms with Crippen LogP contribution in [-0.4, -0.2) is 33.8 Å². The van der Waals surface area contributed by atoms with Gasteiger partial charge in [-0.15, -0.1) is 10.2 Å². The van der Waals surface area contributed by atoms with Crippen molar-refractivity contribution in [2.75, 3.05) is 13.2 Å². The van der Waals surface area contributed by atoms with Gasteiger partial charge in [0.05, 0.1) is 5.02 Å². The number of nitrogens with one attached hydrogen (secondary N) is 1. The van der Waals surface area contributed by atoms with Crippen molar-refractivity contribution in [3.05, 3.63) is 51.5 Å². The molecule has 1 fully saturated rings. The van der Waals surface area contributed by atoms with Crippen LogP contribution in [0.2, 0.25) is 10.0 Å². The molecule has 32 heavy (non-hydrogen) atoms. The Balaban J connectivity index is 1.19. The van der Waals surface area contributed by atoms with Crippen LogP contribution in [0.1, 0.15) is 43.7 Å². The molecule has 1 aromatic heterocycles. The smallest absolute Gasteiger partial charge is 0.204 e. The number of nitrogens with zero attached hydrogens (tertiary/aromatic N) is 3. The van der Waals surface area contributed by atoms with Crippen LogP contribution < -0.4 is 9.47 Å². The fraction of sp³-hybridized carbons (Fsp3) is 0.458. The van der Waals surface area contributed by atoms with Crippen LogP contribution in [0.3, 0.4) is 0 Å². The first-order valence-electron chi connectivity index (χ1n) is 11.1. The van der Waals surface area contributed by atoms with Crippen molar-refractivity contribution in [1.29, 1.82) is 0 Å². The van der Waals surface area contributed by atoms with Crippen LogP contribution in [0.25, 0.3) is 11.4 Å². The average molecular weight is 473 g/mol. The van der Waals surface area contributed by atoms with Gasteiger partial charge in [-0.1, -0.05) is 43.0 Å². The Hall–Kier alpha value is -2.31. The lowest BCUT2D eigenvalue weighted by Crippen LogP contribution is -2.26. The molecule has 0 saturated heterocycles. The number of tetrazole rings is 1. The number of H-pyrrole nitrogens is 1. The van der Waals surface area contributed by atoms with E-state index in [9.17, 15) is 0 Å². The molecule has 0 radical (unpaired) electrons. The highest BCUT2D eigenvalue weighted by atomic mass is 35.5. The van der Waals surface area contributed by atoms with Crippen LogP contribution in [0.4, 0.5) is 0 Å². The molecule has 0 aliphatic heterocycles. The van der Waals surface area contributed by atoms with E-state index in [4.69, 9.17) is 32.7 Å². The number of aromatic nitrogens is 4. The number of halogens is 2. The van der Waals surface area contributed by atoms with Crippen molar-refractivity contribution in [2.24, 2.45) is 11.3 Å². The third-order valence-corrected chi connectivity index (χ3v) is 7.84. The van der Waals surface area contributed by atoms with Gasteiger partial charge in [-0.2, -0.15) is 5.21 Å². The monoisotopic (exact) mass is 472 g/mol. The third kappa shape index (κ3) is 4.18. The van der Waals surface area contributed by atoms with Crippen molar-refractivity contribution in [3.8, 4) is 22.9 Å². The van der Waals surface area contributed by atoms with E-state index in [0.29, 0.717) is 34.8 Å². The third-order valence-electron chi connectivity index (χ3n) is 6.95. The zero-order chi connectivity index (χ0) is 22.1. The molecule has 6 nitrogen and oxygen atoms in total. The van der Waals surface area contributed by atoms with Crippen molar-refractivity contribution in [1.82, 2.24) is 20.6 Å². The standard InChI is InChI=1S/C24H26Cl2N4O2/c1-24(17-4-2-3-5-17)13-16-12-20(22(26)21(25)19(16)14-24)32-11-10-31-18-8-6-15(7-9-18)23-27-29-30-28-23/h6-9,12,17H,2-5,10-11,13-14H2,1H3,(H,27,28,29,30). The summed E-state index contributed by atoms with van der Waals surface area (Å²) in [5.41, 5.74) is 3.63. The summed E-state index contributed by atoms with van der Waals surface area (Å²) in [6, 6.07) is 9.60. The topological polar surface area (TPSA) is 72.9 Å². The fourth-order valence-corrected chi connectivity index (χ4v) is 5.76.